The molecule has 8 heteroatoms. The second-order valence-electron chi connectivity index (χ2n) is 3.48. The predicted molar refractivity (Wildman–Crippen MR) is 56.8 cm³/mol. The number of nitrogens with zero attached hydrogens (tertiary/aromatic N) is 2. The highest BCUT2D eigenvalue weighted by molar-refractivity contribution is 5.75. The zero-order valence-corrected chi connectivity index (χ0v) is 9.10. The first-order valence-electron chi connectivity index (χ1n) is 4.88. The lowest BCUT2D eigenvalue weighted by Crippen LogP contribution is -2.23. The molecule has 98 valence electrons. The summed E-state index contributed by atoms with van der Waals surface area (Å²) in [7, 11) is 0. The molecular weight excluding hydrogens is 265 g/mol. The summed E-state index contributed by atoms with van der Waals surface area (Å²) in [5.41, 5.74) is -2.22. The number of aromatic hydroxyl groups is 1. The van der Waals surface area contributed by atoms with E-state index in [1.165, 1.54) is 0 Å². The van der Waals surface area contributed by atoms with Crippen LogP contribution in [0.25, 0.3) is 5.69 Å². The summed E-state index contributed by atoms with van der Waals surface area (Å²) in [6.07, 6.45) is 0.128. The number of benzene rings is 1. The standard InChI is InChI=1S/C11H5F3N2O3/c12-5-1-2-7(11(14)10(5)13)16-9(19)3-8(18)6(4-17)15-16/h1-4,18H. The summed E-state index contributed by atoms with van der Waals surface area (Å²) in [5.74, 6) is -5.52. The summed E-state index contributed by atoms with van der Waals surface area (Å²) in [6, 6.07) is 2.00. The molecule has 0 saturated carbocycles. The van der Waals surface area contributed by atoms with Crippen LogP contribution in [0.3, 0.4) is 0 Å². The Balaban J connectivity index is 2.76. The Bertz CT molecular complexity index is 728. The van der Waals surface area contributed by atoms with Gasteiger partial charge in [0.25, 0.3) is 5.56 Å². The predicted octanol–water partition coefficient (Wildman–Crippen LogP) is 1.17. The lowest BCUT2D eigenvalue weighted by molar-refractivity contribution is 0.111. The average Bonchev–Trinajstić information content (AvgIpc) is 2.37. The Labute approximate surface area is 103 Å². The van der Waals surface area contributed by atoms with Crippen molar-refractivity contribution in [2.75, 3.05) is 0 Å². The van der Waals surface area contributed by atoms with Gasteiger partial charge >= 0.3 is 0 Å². The molecule has 0 fully saturated rings. The van der Waals surface area contributed by atoms with Crippen LogP contribution < -0.4 is 5.56 Å². The van der Waals surface area contributed by atoms with E-state index in [9.17, 15) is 27.9 Å². The zero-order chi connectivity index (χ0) is 14.2. The van der Waals surface area contributed by atoms with Crippen LogP contribution in [-0.4, -0.2) is 21.2 Å². The molecule has 1 heterocycles. The van der Waals surface area contributed by atoms with Crippen LogP contribution in [0.5, 0.6) is 5.75 Å². The average molecular weight is 270 g/mol. The van der Waals surface area contributed by atoms with E-state index in [2.05, 4.69) is 5.10 Å². The molecule has 2 rings (SSSR count). The second-order valence-corrected chi connectivity index (χ2v) is 3.48. The number of carbonyl (C=O) groups is 1. The van der Waals surface area contributed by atoms with Crippen molar-refractivity contribution in [2.45, 2.75) is 0 Å². The highest BCUT2D eigenvalue weighted by atomic mass is 19.2. The first-order chi connectivity index (χ1) is 8.95. The fraction of sp³-hybridized carbons (Fsp3) is 0. The topological polar surface area (TPSA) is 72.2 Å². The van der Waals surface area contributed by atoms with Gasteiger partial charge in [-0.3, -0.25) is 9.59 Å². The Morgan fingerprint density at radius 1 is 1.21 bits per heavy atom. The lowest BCUT2D eigenvalue weighted by atomic mass is 10.2. The third-order valence-electron chi connectivity index (χ3n) is 2.29. The van der Waals surface area contributed by atoms with E-state index in [1.807, 2.05) is 0 Å². The third kappa shape index (κ3) is 2.07. The minimum atomic E-state index is -1.77. The monoisotopic (exact) mass is 270 g/mol. The van der Waals surface area contributed by atoms with E-state index in [4.69, 9.17) is 0 Å². The summed E-state index contributed by atoms with van der Waals surface area (Å²) in [6.45, 7) is 0. The lowest BCUT2D eigenvalue weighted by Gasteiger charge is -2.07. The molecule has 0 aliphatic rings. The fourth-order valence-electron chi connectivity index (χ4n) is 1.40. The Morgan fingerprint density at radius 2 is 1.89 bits per heavy atom. The number of carbonyl (C=O) groups excluding carboxylic acids is 1. The molecule has 1 aromatic heterocycles. The van der Waals surface area contributed by atoms with Gasteiger partial charge in [0.15, 0.2) is 35.2 Å². The van der Waals surface area contributed by atoms with Gasteiger partial charge in [-0.15, -0.1) is 0 Å². The number of rotatable bonds is 2. The van der Waals surface area contributed by atoms with Crippen LogP contribution in [0.2, 0.25) is 0 Å². The summed E-state index contributed by atoms with van der Waals surface area (Å²) >= 11 is 0. The summed E-state index contributed by atoms with van der Waals surface area (Å²) < 4.78 is 39.7. The smallest absolute Gasteiger partial charge is 0.275 e. The minimum absolute atomic E-state index is 0.128. The van der Waals surface area contributed by atoms with Crippen molar-refractivity contribution in [3.63, 3.8) is 0 Å². The van der Waals surface area contributed by atoms with Gasteiger partial charge in [0.2, 0.25) is 0 Å². The largest absolute Gasteiger partial charge is 0.505 e. The maximum atomic E-state index is 13.5. The highest BCUT2D eigenvalue weighted by Gasteiger charge is 2.17. The quantitative estimate of drug-likeness (QED) is 0.656. The number of aldehydes is 1. The van der Waals surface area contributed by atoms with Crippen molar-refractivity contribution in [3.8, 4) is 11.4 Å². The highest BCUT2D eigenvalue weighted by Crippen LogP contribution is 2.18. The van der Waals surface area contributed by atoms with E-state index >= 15 is 0 Å². The van der Waals surface area contributed by atoms with Gasteiger partial charge < -0.3 is 5.11 Å². The third-order valence-corrected chi connectivity index (χ3v) is 2.29. The molecule has 0 spiro atoms. The molecule has 19 heavy (non-hydrogen) atoms. The van der Waals surface area contributed by atoms with E-state index in [0.717, 1.165) is 6.07 Å². The van der Waals surface area contributed by atoms with E-state index in [-0.39, 0.29) is 6.29 Å². The maximum absolute atomic E-state index is 13.5. The van der Waals surface area contributed by atoms with Crippen LogP contribution in [0, 0.1) is 17.5 Å². The Hall–Kier alpha value is -2.64. The molecule has 5 nitrogen and oxygen atoms in total. The van der Waals surface area contributed by atoms with E-state index in [1.54, 1.807) is 0 Å². The molecule has 0 radical (unpaired) electrons. The Kier molecular flexibility index (Phi) is 3.07. The van der Waals surface area contributed by atoms with Crippen molar-refractivity contribution in [2.24, 2.45) is 0 Å². The zero-order valence-electron chi connectivity index (χ0n) is 9.10. The fourth-order valence-corrected chi connectivity index (χ4v) is 1.40. The molecule has 1 N–H and O–H groups in total. The first kappa shape index (κ1) is 12.8. The number of halogens is 3. The number of hydrogen-bond donors (Lipinski definition) is 1. The molecule has 0 aliphatic carbocycles. The number of hydrogen-bond acceptors (Lipinski definition) is 4. The molecule has 1 aromatic carbocycles. The van der Waals surface area contributed by atoms with Gasteiger partial charge in [0, 0.05) is 6.07 Å². The summed E-state index contributed by atoms with van der Waals surface area (Å²) in [5, 5.41) is 12.5. The van der Waals surface area contributed by atoms with Gasteiger partial charge in [0.1, 0.15) is 5.69 Å². The van der Waals surface area contributed by atoms with E-state index in [0.29, 0.717) is 16.8 Å². The molecule has 0 saturated heterocycles. The van der Waals surface area contributed by atoms with Crippen LogP contribution in [0.15, 0.2) is 23.0 Å². The van der Waals surface area contributed by atoms with Crippen LogP contribution in [0.4, 0.5) is 13.2 Å². The molecule has 0 bridgehead atoms. The van der Waals surface area contributed by atoms with Gasteiger partial charge in [-0.25, -0.2) is 13.2 Å². The van der Waals surface area contributed by atoms with Crippen molar-refractivity contribution >= 4 is 6.29 Å². The summed E-state index contributed by atoms with van der Waals surface area (Å²) in [4.78, 5) is 22.1. The van der Waals surface area contributed by atoms with Crippen molar-refractivity contribution in [1.82, 2.24) is 9.78 Å². The molecule has 0 unspecified atom stereocenters. The van der Waals surface area contributed by atoms with Crippen LogP contribution >= 0.6 is 0 Å². The van der Waals surface area contributed by atoms with Gasteiger partial charge in [-0.1, -0.05) is 0 Å². The molecule has 2 aromatic rings. The Morgan fingerprint density at radius 3 is 2.53 bits per heavy atom. The molecule has 0 atom stereocenters. The maximum Gasteiger partial charge on any atom is 0.275 e. The molecule has 0 aliphatic heterocycles. The van der Waals surface area contributed by atoms with Crippen LogP contribution in [0.1, 0.15) is 10.5 Å². The molecular formula is C11H5F3N2O3. The van der Waals surface area contributed by atoms with Gasteiger partial charge in [-0.2, -0.15) is 9.78 Å². The minimum Gasteiger partial charge on any atom is -0.505 e. The van der Waals surface area contributed by atoms with Crippen molar-refractivity contribution < 1.29 is 23.1 Å². The van der Waals surface area contributed by atoms with E-state index < -0.39 is 40.1 Å². The second kappa shape index (κ2) is 4.56. The van der Waals surface area contributed by atoms with Crippen molar-refractivity contribution in [3.05, 3.63) is 51.7 Å². The first-order valence-corrected chi connectivity index (χ1v) is 4.88. The van der Waals surface area contributed by atoms with Gasteiger partial charge in [0.05, 0.1) is 0 Å². The molecule has 0 amide bonds. The van der Waals surface area contributed by atoms with Gasteiger partial charge in [-0.05, 0) is 12.1 Å². The van der Waals surface area contributed by atoms with Crippen LogP contribution in [-0.2, 0) is 0 Å². The van der Waals surface area contributed by atoms with Crippen molar-refractivity contribution in [1.29, 1.82) is 0 Å². The number of aromatic nitrogens is 2. The SMILES string of the molecule is O=Cc1nn(-c2ccc(F)c(F)c2F)c(=O)cc1O. The normalized spacial score (nSPS) is 10.5.